The van der Waals surface area contributed by atoms with Crippen LogP contribution in [0.5, 0.6) is 5.75 Å². The van der Waals surface area contributed by atoms with Gasteiger partial charge < -0.3 is 9.47 Å². The quantitative estimate of drug-likeness (QED) is 0.775. The van der Waals surface area contributed by atoms with E-state index in [0.717, 1.165) is 29.7 Å². The molecular weight excluding hydrogens is 334 g/mol. The fourth-order valence-corrected chi connectivity index (χ4v) is 3.38. The van der Waals surface area contributed by atoms with Crippen LogP contribution in [0.2, 0.25) is 0 Å². The van der Waals surface area contributed by atoms with Crippen molar-refractivity contribution in [3.63, 3.8) is 0 Å². The van der Waals surface area contributed by atoms with Gasteiger partial charge in [-0.3, -0.25) is 14.3 Å². The van der Waals surface area contributed by atoms with Gasteiger partial charge in [0.15, 0.2) is 0 Å². The Morgan fingerprint density at radius 1 is 1.27 bits per heavy atom. The average molecular weight is 353 g/mol. The smallest absolute Gasteiger partial charge is 0.330 e. The van der Waals surface area contributed by atoms with Crippen LogP contribution < -0.4 is 16.0 Å². The maximum atomic E-state index is 12.5. The number of nitrogens with one attached hydrogen (secondary N) is 1. The van der Waals surface area contributed by atoms with Gasteiger partial charge in [-0.15, -0.1) is 0 Å². The van der Waals surface area contributed by atoms with Crippen molar-refractivity contribution in [2.24, 2.45) is 0 Å². The van der Waals surface area contributed by atoms with Gasteiger partial charge in [0.1, 0.15) is 11.4 Å². The molecule has 0 unspecified atom stereocenters. The third-order valence-electron chi connectivity index (χ3n) is 4.69. The summed E-state index contributed by atoms with van der Waals surface area (Å²) in [6.45, 7) is 1.08. The Balaban J connectivity index is 1.89. The minimum Gasteiger partial charge on any atom is -0.497 e. The van der Waals surface area contributed by atoms with Crippen molar-refractivity contribution in [2.45, 2.75) is 25.5 Å². The first kappa shape index (κ1) is 16.5. The second-order valence-electron chi connectivity index (χ2n) is 6.29. The van der Waals surface area contributed by atoms with Crippen molar-refractivity contribution in [2.75, 3.05) is 13.7 Å². The number of fused-ring (bicyclic) bond motifs is 1. The van der Waals surface area contributed by atoms with Gasteiger partial charge in [-0.05, 0) is 42.2 Å². The van der Waals surface area contributed by atoms with Gasteiger partial charge in [0.25, 0.3) is 5.56 Å². The van der Waals surface area contributed by atoms with Gasteiger partial charge in [0.2, 0.25) is 0 Å². The van der Waals surface area contributed by atoms with E-state index in [1.807, 2.05) is 24.3 Å². The molecule has 0 amide bonds. The van der Waals surface area contributed by atoms with Crippen LogP contribution >= 0.6 is 0 Å². The van der Waals surface area contributed by atoms with Crippen molar-refractivity contribution in [3.8, 4) is 16.9 Å². The Morgan fingerprint density at radius 3 is 2.77 bits per heavy atom. The molecule has 1 aliphatic heterocycles. The number of benzene rings is 1. The topological polar surface area (TPSA) is 86.2 Å². The minimum atomic E-state index is -0.461. The number of aromatic nitrogens is 3. The molecule has 1 saturated heterocycles. The van der Waals surface area contributed by atoms with Gasteiger partial charge >= 0.3 is 5.69 Å². The Morgan fingerprint density at radius 2 is 2.08 bits per heavy atom. The van der Waals surface area contributed by atoms with Gasteiger partial charge in [-0.2, -0.15) is 0 Å². The van der Waals surface area contributed by atoms with Crippen LogP contribution in [0.1, 0.15) is 12.8 Å². The predicted molar refractivity (Wildman–Crippen MR) is 97.6 cm³/mol. The summed E-state index contributed by atoms with van der Waals surface area (Å²) in [6, 6.07) is 9.20. The average Bonchev–Trinajstić information content (AvgIpc) is 3.18. The molecular formula is C19H19N3O4. The minimum absolute atomic E-state index is 0.0340. The number of rotatable bonds is 4. The van der Waals surface area contributed by atoms with E-state index in [9.17, 15) is 9.59 Å². The summed E-state index contributed by atoms with van der Waals surface area (Å²) >= 11 is 0. The lowest BCUT2D eigenvalue weighted by atomic mass is 10.0. The molecule has 7 heteroatoms. The van der Waals surface area contributed by atoms with Crippen LogP contribution in [0, 0.1) is 0 Å². The van der Waals surface area contributed by atoms with E-state index < -0.39 is 11.2 Å². The number of H-pyrrole nitrogens is 1. The summed E-state index contributed by atoms with van der Waals surface area (Å²) in [4.78, 5) is 31.7. The largest absolute Gasteiger partial charge is 0.497 e. The number of pyridine rings is 1. The monoisotopic (exact) mass is 353 g/mol. The molecule has 0 bridgehead atoms. The fourth-order valence-electron chi connectivity index (χ4n) is 3.38. The summed E-state index contributed by atoms with van der Waals surface area (Å²) in [7, 11) is 1.60. The number of aromatic amines is 1. The second kappa shape index (κ2) is 6.76. The third kappa shape index (κ3) is 2.90. The number of nitrogens with zero attached hydrogens (tertiary/aromatic N) is 2. The van der Waals surface area contributed by atoms with Crippen LogP contribution in [0.25, 0.3) is 22.2 Å². The highest BCUT2D eigenvalue weighted by molar-refractivity contribution is 5.91. The highest BCUT2D eigenvalue weighted by Crippen LogP contribution is 2.26. The third-order valence-corrected chi connectivity index (χ3v) is 4.69. The molecule has 7 nitrogen and oxygen atoms in total. The van der Waals surface area contributed by atoms with Gasteiger partial charge in [0, 0.05) is 12.8 Å². The molecule has 3 heterocycles. The molecule has 134 valence electrons. The molecule has 3 aromatic rings. The Bertz CT molecular complexity index is 1050. The highest BCUT2D eigenvalue weighted by atomic mass is 16.5. The molecule has 0 radical (unpaired) electrons. The Kier molecular flexibility index (Phi) is 4.30. The van der Waals surface area contributed by atoms with Crippen LogP contribution in [-0.4, -0.2) is 34.4 Å². The first-order valence-corrected chi connectivity index (χ1v) is 8.55. The van der Waals surface area contributed by atoms with Crippen molar-refractivity contribution < 1.29 is 9.47 Å². The Hall–Kier alpha value is -2.93. The zero-order valence-corrected chi connectivity index (χ0v) is 14.4. The second-order valence-corrected chi connectivity index (χ2v) is 6.29. The van der Waals surface area contributed by atoms with E-state index in [2.05, 4.69) is 9.97 Å². The molecule has 0 aliphatic carbocycles. The standard InChI is InChI=1S/C19H19N3O4/c1-25-13-6-4-12(5-7-13)15-8-9-20-17-16(15)18(23)21-19(24)22(17)11-14-3-2-10-26-14/h4-9,14H,2-3,10-11H2,1H3,(H,21,23,24)/t14-/m0/s1. The van der Waals surface area contributed by atoms with Crippen molar-refractivity contribution in [1.82, 2.24) is 14.5 Å². The molecule has 1 atom stereocenters. The zero-order chi connectivity index (χ0) is 18.1. The lowest BCUT2D eigenvalue weighted by molar-refractivity contribution is 0.0967. The number of ether oxygens (including phenoxy) is 2. The maximum Gasteiger partial charge on any atom is 0.330 e. The first-order chi connectivity index (χ1) is 12.7. The first-order valence-electron chi connectivity index (χ1n) is 8.55. The van der Waals surface area contributed by atoms with Crippen LogP contribution in [0.4, 0.5) is 0 Å². The lowest BCUT2D eigenvalue weighted by Crippen LogP contribution is -2.34. The molecule has 4 rings (SSSR count). The number of hydrogen-bond acceptors (Lipinski definition) is 5. The summed E-state index contributed by atoms with van der Waals surface area (Å²) in [5.41, 5.74) is 1.05. The summed E-state index contributed by atoms with van der Waals surface area (Å²) < 4.78 is 12.3. The molecule has 1 N–H and O–H groups in total. The summed E-state index contributed by atoms with van der Waals surface area (Å²) in [5.74, 6) is 0.733. The van der Waals surface area contributed by atoms with Gasteiger partial charge in [0.05, 0.1) is 25.1 Å². The normalized spacial score (nSPS) is 16.9. The molecule has 0 spiro atoms. The molecule has 2 aromatic heterocycles. The fraction of sp³-hybridized carbons (Fsp3) is 0.316. The van der Waals surface area contributed by atoms with Crippen LogP contribution in [-0.2, 0) is 11.3 Å². The van der Waals surface area contributed by atoms with E-state index in [1.165, 1.54) is 4.57 Å². The number of hydrogen-bond donors (Lipinski definition) is 1. The van der Waals surface area contributed by atoms with Crippen molar-refractivity contribution in [3.05, 3.63) is 57.4 Å². The molecule has 1 aliphatic rings. The van der Waals surface area contributed by atoms with E-state index in [-0.39, 0.29) is 6.10 Å². The van der Waals surface area contributed by atoms with E-state index >= 15 is 0 Å². The molecule has 1 aromatic carbocycles. The summed E-state index contributed by atoms with van der Waals surface area (Å²) in [5, 5.41) is 0.398. The molecule has 1 fully saturated rings. The maximum absolute atomic E-state index is 12.5. The lowest BCUT2D eigenvalue weighted by Gasteiger charge is -2.14. The number of methoxy groups -OCH3 is 1. The van der Waals surface area contributed by atoms with Crippen molar-refractivity contribution >= 4 is 11.0 Å². The van der Waals surface area contributed by atoms with Gasteiger partial charge in [-0.25, -0.2) is 9.78 Å². The predicted octanol–water partition coefficient (Wildman–Crippen LogP) is 1.94. The van der Waals surface area contributed by atoms with E-state index in [4.69, 9.17) is 9.47 Å². The Labute approximate surface area is 149 Å². The van der Waals surface area contributed by atoms with Crippen molar-refractivity contribution in [1.29, 1.82) is 0 Å². The van der Waals surface area contributed by atoms with Crippen LogP contribution in [0.15, 0.2) is 46.1 Å². The highest BCUT2D eigenvalue weighted by Gasteiger charge is 2.20. The van der Waals surface area contributed by atoms with E-state index in [1.54, 1.807) is 19.4 Å². The van der Waals surface area contributed by atoms with Crippen LogP contribution in [0.3, 0.4) is 0 Å². The SMILES string of the molecule is COc1ccc(-c2ccnc3c2c(=O)[nH]c(=O)n3C[C@@H]2CCCO2)cc1. The molecule has 26 heavy (non-hydrogen) atoms. The van der Waals surface area contributed by atoms with E-state index in [0.29, 0.717) is 24.2 Å². The summed E-state index contributed by atoms with van der Waals surface area (Å²) in [6.07, 6.45) is 3.46. The van der Waals surface area contributed by atoms with Gasteiger partial charge in [-0.1, -0.05) is 12.1 Å². The molecule has 0 saturated carbocycles. The zero-order valence-electron chi connectivity index (χ0n) is 14.4.